The molecule has 1 aliphatic rings. The number of aromatic nitrogens is 2. The Bertz CT molecular complexity index is 1010. The molecule has 4 rings (SSSR count). The molecule has 1 aliphatic heterocycles. The average Bonchev–Trinajstić information content (AvgIpc) is 2.95. The molecular formula is C20H20N3OS2+. The molecule has 0 spiro atoms. The van der Waals surface area contributed by atoms with Gasteiger partial charge in [-0.05, 0) is 37.3 Å². The third-order valence-electron chi connectivity index (χ3n) is 4.40. The predicted octanol–water partition coefficient (Wildman–Crippen LogP) is 4.72. The first-order valence-corrected chi connectivity index (χ1v) is 9.62. The number of hydrogen-bond acceptors (Lipinski definition) is 4. The number of H-pyrrole nitrogens is 1. The Hall–Kier alpha value is -2.31. The highest BCUT2D eigenvalue weighted by Crippen LogP contribution is 2.39. The van der Waals surface area contributed by atoms with Crippen LogP contribution in [0.5, 0.6) is 5.75 Å². The molecule has 132 valence electrons. The van der Waals surface area contributed by atoms with Crippen molar-refractivity contribution in [3.05, 3.63) is 64.8 Å². The monoisotopic (exact) mass is 382 g/mol. The fraction of sp³-hybridized carbons (Fsp3) is 0.150. The highest BCUT2D eigenvalue weighted by molar-refractivity contribution is 8.02. The van der Waals surface area contributed by atoms with Gasteiger partial charge in [-0.25, -0.2) is 4.98 Å². The molecule has 3 aromatic rings. The first-order valence-electron chi connectivity index (χ1n) is 8.29. The number of ether oxygens (including phenoxy) is 1. The molecule has 0 aliphatic carbocycles. The average molecular weight is 383 g/mol. The number of aryl methyl sites for hydroxylation is 2. The van der Waals surface area contributed by atoms with Gasteiger partial charge in [-0.1, -0.05) is 42.1 Å². The number of nitrogens with zero attached hydrogens (tertiary/aromatic N) is 1. The first-order chi connectivity index (χ1) is 12.6. The smallest absolute Gasteiger partial charge is 0.318 e. The summed E-state index contributed by atoms with van der Waals surface area (Å²) in [4.78, 5) is 4.49. The second-order valence-electron chi connectivity index (χ2n) is 6.23. The number of fused-ring (bicyclic) bond motifs is 1. The molecule has 0 saturated carbocycles. The summed E-state index contributed by atoms with van der Waals surface area (Å²) in [6.45, 7) is 4.16. The van der Waals surface area contributed by atoms with Crippen molar-refractivity contribution in [3.63, 3.8) is 0 Å². The van der Waals surface area contributed by atoms with Crippen molar-refractivity contribution in [1.82, 2.24) is 4.98 Å². The fourth-order valence-corrected chi connectivity index (χ4v) is 4.30. The van der Waals surface area contributed by atoms with Crippen LogP contribution in [0.25, 0.3) is 11.4 Å². The van der Waals surface area contributed by atoms with Gasteiger partial charge in [-0.15, -0.1) is 0 Å². The van der Waals surface area contributed by atoms with Crippen LogP contribution < -0.4 is 14.6 Å². The third kappa shape index (κ3) is 2.99. The number of thioether (sulfide) groups is 1. The van der Waals surface area contributed by atoms with Crippen LogP contribution in [-0.2, 0) is 0 Å². The van der Waals surface area contributed by atoms with Gasteiger partial charge < -0.3 is 10.1 Å². The van der Waals surface area contributed by atoms with Crippen LogP contribution in [0.1, 0.15) is 17.0 Å². The Labute approximate surface area is 162 Å². The number of methoxy groups -OCH3 is 1. The minimum Gasteiger partial charge on any atom is -0.497 e. The molecule has 0 amide bonds. The van der Waals surface area contributed by atoms with Crippen LogP contribution in [0, 0.1) is 13.8 Å². The van der Waals surface area contributed by atoms with Crippen molar-refractivity contribution in [2.75, 3.05) is 12.4 Å². The molecule has 0 radical (unpaired) electrons. The molecule has 4 nitrogen and oxygen atoms in total. The van der Waals surface area contributed by atoms with Crippen molar-refractivity contribution in [1.29, 1.82) is 0 Å². The number of aromatic amines is 1. The minimum absolute atomic E-state index is 0.801. The molecule has 6 heteroatoms. The Morgan fingerprint density at radius 1 is 1.08 bits per heavy atom. The van der Waals surface area contributed by atoms with Crippen LogP contribution in [0.2, 0.25) is 0 Å². The number of nitrogens with one attached hydrogen (secondary N) is 2. The van der Waals surface area contributed by atoms with E-state index in [1.807, 2.05) is 18.2 Å². The fourth-order valence-electron chi connectivity index (χ4n) is 3.07. The van der Waals surface area contributed by atoms with E-state index >= 15 is 0 Å². The Balaban J connectivity index is 1.77. The summed E-state index contributed by atoms with van der Waals surface area (Å²) < 4.78 is 7.45. The van der Waals surface area contributed by atoms with Gasteiger partial charge in [-0.2, -0.15) is 4.57 Å². The number of hydrogen-bond donors (Lipinski definition) is 3. The second-order valence-corrected chi connectivity index (χ2v) is 7.56. The molecule has 26 heavy (non-hydrogen) atoms. The first kappa shape index (κ1) is 17.1. The summed E-state index contributed by atoms with van der Waals surface area (Å²) in [5, 5.41) is 6.49. The van der Waals surface area contributed by atoms with Crippen molar-refractivity contribution >= 4 is 35.8 Å². The second kappa shape index (κ2) is 6.78. The van der Waals surface area contributed by atoms with Crippen LogP contribution >= 0.6 is 24.4 Å². The van der Waals surface area contributed by atoms with Gasteiger partial charge in [0.15, 0.2) is 5.69 Å². The number of imidazole rings is 1. The third-order valence-corrected chi connectivity index (χ3v) is 5.66. The van der Waals surface area contributed by atoms with Crippen LogP contribution in [0.15, 0.2) is 57.9 Å². The van der Waals surface area contributed by atoms with Gasteiger partial charge in [0, 0.05) is 17.2 Å². The zero-order valence-electron chi connectivity index (χ0n) is 14.8. The lowest BCUT2D eigenvalue weighted by atomic mass is 10.2. The normalized spacial score (nSPS) is 13.0. The molecular weight excluding hydrogens is 362 g/mol. The molecule has 0 bridgehead atoms. The molecule has 2 aromatic carbocycles. The highest BCUT2D eigenvalue weighted by Gasteiger charge is 2.27. The highest BCUT2D eigenvalue weighted by atomic mass is 32.2. The van der Waals surface area contributed by atoms with E-state index in [0.29, 0.717) is 0 Å². The van der Waals surface area contributed by atoms with E-state index < -0.39 is 0 Å². The number of rotatable bonds is 3. The van der Waals surface area contributed by atoms with Gasteiger partial charge in [0.05, 0.1) is 18.5 Å². The molecule has 0 fully saturated rings. The topological polar surface area (TPSA) is 40.9 Å². The Morgan fingerprint density at radius 3 is 2.58 bits per heavy atom. The number of benzene rings is 2. The lowest BCUT2D eigenvalue weighted by Crippen LogP contribution is -2.36. The molecule has 0 unspecified atom stereocenters. The maximum atomic E-state index is 5.32. The van der Waals surface area contributed by atoms with Crippen molar-refractivity contribution < 1.29 is 9.30 Å². The Morgan fingerprint density at radius 2 is 1.85 bits per heavy atom. The summed E-state index contributed by atoms with van der Waals surface area (Å²) in [6.07, 6.45) is 0. The maximum absolute atomic E-state index is 5.32. The van der Waals surface area contributed by atoms with Gasteiger partial charge >= 0.3 is 5.16 Å². The zero-order valence-corrected chi connectivity index (χ0v) is 16.5. The minimum atomic E-state index is 0.801. The zero-order chi connectivity index (χ0) is 18.3. The van der Waals surface area contributed by atoms with Crippen molar-refractivity contribution in [2.45, 2.75) is 23.9 Å². The predicted molar refractivity (Wildman–Crippen MR) is 110 cm³/mol. The summed E-state index contributed by atoms with van der Waals surface area (Å²) in [5.41, 5.74) is 6.57. The molecule has 1 aromatic heterocycles. The largest absolute Gasteiger partial charge is 0.497 e. The van der Waals surface area contributed by atoms with E-state index in [4.69, 9.17) is 4.74 Å². The molecule has 2 N–H and O–H groups in total. The van der Waals surface area contributed by atoms with E-state index in [0.717, 1.165) is 44.3 Å². The van der Waals surface area contributed by atoms with Crippen LogP contribution in [0.3, 0.4) is 0 Å². The van der Waals surface area contributed by atoms with E-state index in [1.54, 1.807) is 18.9 Å². The van der Waals surface area contributed by atoms with E-state index in [1.165, 1.54) is 5.56 Å². The lowest BCUT2D eigenvalue weighted by Gasteiger charge is -2.19. The Kier molecular flexibility index (Phi) is 4.46. The summed E-state index contributed by atoms with van der Waals surface area (Å²) >= 11 is 6.34. The van der Waals surface area contributed by atoms with Gasteiger partial charge in [0.2, 0.25) is 0 Å². The van der Waals surface area contributed by atoms with Crippen LogP contribution in [-0.4, -0.2) is 12.1 Å². The number of thiol groups is 1. The van der Waals surface area contributed by atoms with Crippen molar-refractivity contribution in [3.8, 4) is 11.4 Å². The standard InChI is InChI=1S/C20H19N3OS2/c1-12-4-6-14(7-5-12)23-19(13(2)21-20(23)25)17-11-26-18-10-15(24-3)8-9-16(18)22-17/h4-11,22H,1-3H3,(H,21,25)/p+1. The quantitative estimate of drug-likeness (QED) is 0.453. The van der Waals surface area contributed by atoms with Crippen molar-refractivity contribution in [2.24, 2.45) is 0 Å². The summed E-state index contributed by atoms with van der Waals surface area (Å²) in [6, 6.07) is 14.5. The lowest BCUT2D eigenvalue weighted by molar-refractivity contribution is -0.637. The van der Waals surface area contributed by atoms with Gasteiger partial charge in [0.1, 0.15) is 17.1 Å². The number of anilines is 1. The SMILES string of the molecule is COc1ccc2c(c1)SC=C(c1c(C)[nH]c(S)[n+]1-c1ccc(C)cc1)N2. The summed E-state index contributed by atoms with van der Waals surface area (Å²) in [7, 11) is 1.69. The summed E-state index contributed by atoms with van der Waals surface area (Å²) in [5.74, 6) is 0.861. The van der Waals surface area contributed by atoms with E-state index in [2.05, 4.69) is 71.0 Å². The molecule has 2 heterocycles. The maximum Gasteiger partial charge on any atom is 0.318 e. The van der Waals surface area contributed by atoms with Gasteiger partial charge in [0.25, 0.3) is 0 Å². The van der Waals surface area contributed by atoms with Crippen LogP contribution in [0.4, 0.5) is 5.69 Å². The molecule has 0 saturated heterocycles. The van der Waals surface area contributed by atoms with E-state index in [-0.39, 0.29) is 0 Å². The van der Waals surface area contributed by atoms with Gasteiger partial charge in [-0.3, -0.25) is 0 Å². The van der Waals surface area contributed by atoms with E-state index in [9.17, 15) is 0 Å². The molecule has 0 atom stereocenters.